The quantitative estimate of drug-likeness (QED) is 0.184. The maximum Gasteiger partial charge on any atom is 0.164 e. The molecule has 0 atom stereocenters. The summed E-state index contributed by atoms with van der Waals surface area (Å²) in [6.45, 7) is 0. The summed E-state index contributed by atoms with van der Waals surface area (Å²) in [7, 11) is 0. The van der Waals surface area contributed by atoms with E-state index in [4.69, 9.17) is 19.4 Å². The molecule has 0 radical (unpaired) electrons. The minimum Gasteiger partial charge on any atom is -0.456 e. The van der Waals surface area contributed by atoms with E-state index in [1.807, 2.05) is 48.5 Å². The number of hydrogen-bond acceptors (Lipinski definition) is 4. The Balaban J connectivity index is 1.32. The first-order valence-electron chi connectivity index (χ1n) is 16.4. The van der Waals surface area contributed by atoms with Gasteiger partial charge in [0.05, 0.1) is 0 Å². The van der Waals surface area contributed by atoms with Gasteiger partial charge in [0.2, 0.25) is 0 Å². The van der Waals surface area contributed by atoms with E-state index in [2.05, 4.69) is 127 Å². The molecule has 0 saturated carbocycles. The van der Waals surface area contributed by atoms with Crippen molar-refractivity contribution in [2.75, 3.05) is 0 Å². The van der Waals surface area contributed by atoms with Gasteiger partial charge in [0.15, 0.2) is 17.5 Å². The fraction of sp³-hybridized carbons (Fsp3) is 0. The molecule has 0 saturated heterocycles. The molecular weight excluding hydrogens is 599 g/mol. The van der Waals surface area contributed by atoms with Gasteiger partial charge in [-0.15, -0.1) is 0 Å². The summed E-state index contributed by atoms with van der Waals surface area (Å²) in [4.78, 5) is 15.6. The molecule has 2 heterocycles. The Morgan fingerprint density at radius 3 is 1.39 bits per heavy atom. The lowest BCUT2D eigenvalue weighted by molar-refractivity contribution is 0.669. The Morgan fingerprint density at radius 2 is 0.714 bits per heavy atom. The Hall–Kier alpha value is -6.65. The second-order valence-electron chi connectivity index (χ2n) is 12.0. The number of fused-ring (bicyclic) bond motifs is 3. The van der Waals surface area contributed by atoms with Crippen LogP contribution in [0, 0.1) is 0 Å². The maximum absolute atomic E-state index is 6.48. The number of hydrogen-bond donors (Lipinski definition) is 0. The van der Waals surface area contributed by atoms with E-state index in [1.165, 1.54) is 0 Å². The zero-order chi connectivity index (χ0) is 32.6. The summed E-state index contributed by atoms with van der Waals surface area (Å²) in [5.74, 6) is 1.80. The minimum absolute atomic E-state index is 0.587. The number of aromatic nitrogens is 3. The number of rotatable bonds is 6. The lowest BCUT2D eigenvalue weighted by Crippen LogP contribution is -2.01. The molecule has 9 rings (SSSR count). The molecule has 0 aliphatic rings. The lowest BCUT2D eigenvalue weighted by atomic mass is 9.97. The van der Waals surface area contributed by atoms with Gasteiger partial charge in [-0.1, -0.05) is 158 Å². The van der Waals surface area contributed by atoms with E-state index >= 15 is 0 Å². The first kappa shape index (κ1) is 28.6. The normalized spacial score (nSPS) is 11.3. The summed E-state index contributed by atoms with van der Waals surface area (Å²) in [6, 6.07) is 60.3. The molecule has 0 fully saturated rings. The molecule has 0 unspecified atom stereocenters. The van der Waals surface area contributed by atoms with Crippen LogP contribution >= 0.6 is 0 Å². The summed E-state index contributed by atoms with van der Waals surface area (Å²) in [5.41, 5.74) is 11.0. The smallest absolute Gasteiger partial charge is 0.164 e. The van der Waals surface area contributed by atoms with Gasteiger partial charge in [0, 0.05) is 27.5 Å². The predicted octanol–water partition coefficient (Wildman–Crippen LogP) is 11.8. The molecule has 0 N–H and O–H groups in total. The molecule has 7 aromatic carbocycles. The summed E-state index contributed by atoms with van der Waals surface area (Å²) >= 11 is 0. The van der Waals surface area contributed by atoms with Gasteiger partial charge in [-0.05, 0) is 51.6 Å². The van der Waals surface area contributed by atoms with Crippen molar-refractivity contribution in [3.8, 4) is 67.5 Å². The van der Waals surface area contributed by atoms with Crippen LogP contribution in [-0.2, 0) is 0 Å². The van der Waals surface area contributed by atoms with Crippen LogP contribution in [0.25, 0.3) is 89.5 Å². The van der Waals surface area contributed by atoms with Crippen molar-refractivity contribution in [1.82, 2.24) is 15.0 Å². The number of nitrogens with zero attached hydrogens (tertiary/aromatic N) is 3. The lowest BCUT2D eigenvalue weighted by Gasteiger charge is -2.13. The zero-order valence-electron chi connectivity index (χ0n) is 26.5. The van der Waals surface area contributed by atoms with Crippen LogP contribution in [0.2, 0.25) is 0 Å². The molecule has 49 heavy (non-hydrogen) atoms. The van der Waals surface area contributed by atoms with Crippen LogP contribution in [0.4, 0.5) is 0 Å². The van der Waals surface area contributed by atoms with Gasteiger partial charge in [0.25, 0.3) is 0 Å². The van der Waals surface area contributed by atoms with Crippen molar-refractivity contribution in [3.05, 3.63) is 176 Å². The highest BCUT2D eigenvalue weighted by molar-refractivity contribution is 6.17. The predicted molar refractivity (Wildman–Crippen MR) is 200 cm³/mol. The van der Waals surface area contributed by atoms with Crippen molar-refractivity contribution in [2.45, 2.75) is 0 Å². The van der Waals surface area contributed by atoms with Crippen LogP contribution < -0.4 is 0 Å². The summed E-state index contributed by atoms with van der Waals surface area (Å²) in [6.07, 6.45) is 0. The highest BCUT2D eigenvalue weighted by atomic mass is 16.3. The molecule has 0 bridgehead atoms. The Labute approximate surface area is 284 Å². The van der Waals surface area contributed by atoms with Gasteiger partial charge in [0.1, 0.15) is 11.2 Å². The molecule has 230 valence electrons. The Morgan fingerprint density at radius 1 is 0.286 bits per heavy atom. The van der Waals surface area contributed by atoms with Gasteiger partial charge in [-0.25, -0.2) is 15.0 Å². The monoisotopic (exact) mass is 627 g/mol. The second kappa shape index (κ2) is 12.2. The van der Waals surface area contributed by atoms with Crippen molar-refractivity contribution in [2.24, 2.45) is 0 Å². The standard InChI is InChI=1S/C45H29N3O/c1-4-15-30(16-5-1)33-21-12-22-34(29-33)43-46-44(37-24-11-10-23-35(37)31-17-6-2-7-18-31)48-45(47-43)38-26-14-28-40-42(38)41-36(25-13-27-39(41)49-40)32-19-8-3-9-20-32/h1-29H. The van der Waals surface area contributed by atoms with E-state index in [1.54, 1.807) is 0 Å². The van der Waals surface area contributed by atoms with Gasteiger partial charge < -0.3 is 4.42 Å². The SMILES string of the molecule is c1ccc(-c2cccc(-c3nc(-c4ccccc4-c4ccccc4)nc(-c4cccc5oc6cccc(-c7ccccc7)c6c45)n3)c2)cc1. The van der Waals surface area contributed by atoms with Crippen molar-refractivity contribution in [3.63, 3.8) is 0 Å². The third-order valence-electron chi connectivity index (χ3n) is 8.96. The molecule has 4 heteroatoms. The molecule has 0 aliphatic carbocycles. The molecule has 4 nitrogen and oxygen atoms in total. The molecular formula is C45H29N3O. The van der Waals surface area contributed by atoms with Crippen molar-refractivity contribution < 1.29 is 4.42 Å². The molecule has 2 aromatic heterocycles. The number of furan rings is 1. The first-order chi connectivity index (χ1) is 24.3. The van der Waals surface area contributed by atoms with Crippen LogP contribution in [-0.4, -0.2) is 15.0 Å². The third-order valence-corrected chi connectivity index (χ3v) is 8.96. The van der Waals surface area contributed by atoms with Crippen molar-refractivity contribution in [1.29, 1.82) is 0 Å². The first-order valence-corrected chi connectivity index (χ1v) is 16.4. The Bertz CT molecular complexity index is 2590. The number of benzene rings is 7. The van der Waals surface area contributed by atoms with E-state index in [0.29, 0.717) is 17.5 Å². The molecule has 0 spiro atoms. The van der Waals surface area contributed by atoms with Gasteiger partial charge in [-0.2, -0.15) is 0 Å². The second-order valence-corrected chi connectivity index (χ2v) is 12.0. The van der Waals surface area contributed by atoms with Crippen LogP contribution in [0.1, 0.15) is 0 Å². The summed E-state index contributed by atoms with van der Waals surface area (Å²) < 4.78 is 6.48. The zero-order valence-corrected chi connectivity index (χ0v) is 26.5. The van der Waals surface area contributed by atoms with Crippen LogP contribution in [0.3, 0.4) is 0 Å². The highest BCUT2D eigenvalue weighted by Crippen LogP contribution is 2.41. The third kappa shape index (κ3) is 5.26. The fourth-order valence-electron chi connectivity index (χ4n) is 6.67. The van der Waals surface area contributed by atoms with E-state index in [9.17, 15) is 0 Å². The topological polar surface area (TPSA) is 51.8 Å². The average Bonchev–Trinajstić information content (AvgIpc) is 3.58. The highest BCUT2D eigenvalue weighted by Gasteiger charge is 2.21. The van der Waals surface area contributed by atoms with Crippen molar-refractivity contribution >= 4 is 21.9 Å². The molecule has 9 aromatic rings. The fourth-order valence-corrected chi connectivity index (χ4v) is 6.67. The van der Waals surface area contributed by atoms with E-state index in [0.717, 1.165) is 72.0 Å². The van der Waals surface area contributed by atoms with Gasteiger partial charge in [-0.3, -0.25) is 0 Å². The van der Waals surface area contributed by atoms with E-state index < -0.39 is 0 Å². The molecule has 0 aliphatic heterocycles. The maximum atomic E-state index is 6.48. The van der Waals surface area contributed by atoms with Crippen LogP contribution in [0.5, 0.6) is 0 Å². The average molecular weight is 628 g/mol. The van der Waals surface area contributed by atoms with Gasteiger partial charge >= 0.3 is 0 Å². The Kier molecular flexibility index (Phi) is 7.10. The largest absolute Gasteiger partial charge is 0.456 e. The van der Waals surface area contributed by atoms with Crippen LogP contribution in [0.15, 0.2) is 180 Å². The van der Waals surface area contributed by atoms with E-state index in [-0.39, 0.29) is 0 Å². The molecule has 0 amide bonds. The summed E-state index contributed by atoms with van der Waals surface area (Å²) in [5, 5.41) is 2.02. The minimum atomic E-state index is 0.587.